The van der Waals surface area contributed by atoms with Crippen LogP contribution in [0.15, 0.2) is 18.2 Å². The number of benzene rings is 1. The molecule has 0 spiro atoms. The number of carboxylic acids is 1. The molecule has 1 aromatic rings. The van der Waals surface area contributed by atoms with Gasteiger partial charge in [-0.2, -0.15) is 0 Å². The number of halogens is 1. The van der Waals surface area contributed by atoms with Crippen molar-refractivity contribution in [3.8, 4) is 0 Å². The quantitative estimate of drug-likeness (QED) is 0.865. The smallest absolute Gasteiger partial charge is 0.337 e. The van der Waals surface area contributed by atoms with Gasteiger partial charge in [0.05, 0.1) is 11.3 Å². The van der Waals surface area contributed by atoms with Crippen LogP contribution in [0.25, 0.3) is 0 Å². The van der Waals surface area contributed by atoms with Crippen molar-refractivity contribution in [1.82, 2.24) is 0 Å². The van der Waals surface area contributed by atoms with Crippen molar-refractivity contribution in [3.05, 3.63) is 28.8 Å². The molecule has 0 radical (unpaired) electrons. The number of carboxylic acid groups (broad SMARTS) is 1. The van der Waals surface area contributed by atoms with Gasteiger partial charge in [-0.3, -0.25) is 0 Å². The molecule has 0 saturated carbocycles. The minimum atomic E-state index is -3.12. The summed E-state index contributed by atoms with van der Waals surface area (Å²) in [6, 6.07) is 3.99. The maximum absolute atomic E-state index is 11.1. The average molecular weight is 292 g/mol. The summed E-state index contributed by atoms with van der Waals surface area (Å²) in [4.78, 5) is 11.0. The molecule has 0 aromatic heterocycles. The molecule has 7 heteroatoms. The zero-order valence-electron chi connectivity index (χ0n) is 9.97. The summed E-state index contributed by atoms with van der Waals surface area (Å²) in [5.41, 5.74) is 0.367. The highest BCUT2D eigenvalue weighted by molar-refractivity contribution is 7.90. The standard InChI is InChI=1S/C11H14ClNO4S/c1-7(6-18(2,16)17)13-10-4-3-8(12)5-9(10)11(14)15/h3-5,7,13H,6H2,1-2H3,(H,14,15). The summed E-state index contributed by atoms with van der Waals surface area (Å²) in [7, 11) is -3.12. The zero-order chi connectivity index (χ0) is 13.9. The molecular formula is C11H14ClNO4S. The van der Waals surface area contributed by atoms with Gasteiger partial charge in [0.15, 0.2) is 0 Å². The van der Waals surface area contributed by atoms with Crippen LogP contribution in [0.2, 0.25) is 5.02 Å². The lowest BCUT2D eigenvalue weighted by Gasteiger charge is -2.16. The molecule has 1 atom stereocenters. The Bertz CT molecular complexity index is 556. The van der Waals surface area contributed by atoms with Crippen LogP contribution in [-0.4, -0.2) is 37.5 Å². The number of rotatable bonds is 5. The normalized spacial score (nSPS) is 13.1. The Balaban J connectivity index is 2.94. The van der Waals surface area contributed by atoms with Crippen molar-refractivity contribution in [2.45, 2.75) is 13.0 Å². The molecule has 5 nitrogen and oxygen atoms in total. The first-order chi connectivity index (χ1) is 8.19. The fourth-order valence-corrected chi connectivity index (χ4v) is 2.74. The van der Waals surface area contributed by atoms with Gasteiger partial charge >= 0.3 is 5.97 Å². The monoisotopic (exact) mass is 291 g/mol. The van der Waals surface area contributed by atoms with E-state index in [9.17, 15) is 13.2 Å². The van der Waals surface area contributed by atoms with Gasteiger partial charge in [-0.1, -0.05) is 11.6 Å². The fourth-order valence-electron chi connectivity index (χ4n) is 1.58. The first-order valence-corrected chi connectivity index (χ1v) is 7.60. The minimum Gasteiger partial charge on any atom is -0.478 e. The number of nitrogens with one attached hydrogen (secondary N) is 1. The lowest BCUT2D eigenvalue weighted by molar-refractivity contribution is 0.0698. The van der Waals surface area contributed by atoms with Gasteiger partial charge in [-0.15, -0.1) is 0 Å². The third-order valence-corrected chi connectivity index (χ3v) is 3.51. The molecule has 100 valence electrons. The van der Waals surface area contributed by atoms with Crippen LogP contribution >= 0.6 is 11.6 Å². The molecule has 0 fully saturated rings. The molecule has 1 aromatic carbocycles. The van der Waals surface area contributed by atoms with Crippen molar-refractivity contribution in [3.63, 3.8) is 0 Å². The molecule has 2 N–H and O–H groups in total. The highest BCUT2D eigenvalue weighted by atomic mass is 35.5. The number of hydrogen-bond acceptors (Lipinski definition) is 4. The summed E-state index contributed by atoms with van der Waals surface area (Å²) >= 11 is 5.72. The lowest BCUT2D eigenvalue weighted by atomic mass is 10.1. The highest BCUT2D eigenvalue weighted by Crippen LogP contribution is 2.21. The molecule has 0 aliphatic rings. The van der Waals surface area contributed by atoms with E-state index in [4.69, 9.17) is 16.7 Å². The number of hydrogen-bond donors (Lipinski definition) is 2. The van der Waals surface area contributed by atoms with Gasteiger partial charge in [0.25, 0.3) is 0 Å². The molecule has 18 heavy (non-hydrogen) atoms. The summed E-state index contributed by atoms with van der Waals surface area (Å²) < 4.78 is 22.3. The largest absolute Gasteiger partial charge is 0.478 e. The highest BCUT2D eigenvalue weighted by Gasteiger charge is 2.15. The predicted octanol–water partition coefficient (Wildman–Crippen LogP) is 1.88. The van der Waals surface area contributed by atoms with Crippen molar-refractivity contribution in [2.24, 2.45) is 0 Å². The summed E-state index contributed by atoms with van der Waals surface area (Å²) in [5, 5.41) is 12.2. The Hall–Kier alpha value is -1.27. The first-order valence-electron chi connectivity index (χ1n) is 5.16. The predicted molar refractivity (Wildman–Crippen MR) is 71.2 cm³/mol. The second-order valence-corrected chi connectivity index (χ2v) is 6.75. The van der Waals surface area contributed by atoms with E-state index in [1.54, 1.807) is 13.0 Å². The summed E-state index contributed by atoms with van der Waals surface area (Å²) in [6.07, 6.45) is 1.13. The zero-order valence-corrected chi connectivity index (χ0v) is 11.5. The van der Waals surface area contributed by atoms with Crippen LogP contribution < -0.4 is 5.32 Å². The average Bonchev–Trinajstić information content (AvgIpc) is 2.17. The van der Waals surface area contributed by atoms with Crippen LogP contribution in [-0.2, 0) is 9.84 Å². The molecule has 0 aliphatic heterocycles. The minimum absolute atomic E-state index is 0.0165. The molecule has 1 rings (SSSR count). The summed E-state index contributed by atoms with van der Waals surface area (Å²) in [5.74, 6) is -1.19. The Morgan fingerprint density at radius 3 is 2.61 bits per heavy atom. The lowest BCUT2D eigenvalue weighted by Crippen LogP contribution is -2.25. The molecule has 0 amide bonds. The van der Waals surface area contributed by atoms with Crippen LogP contribution in [0.3, 0.4) is 0 Å². The van der Waals surface area contributed by atoms with E-state index in [2.05, 4.69) is 5.32 Å². The second kappa shape index (κ2) is 5.58. The van der Waals surface area contributed by atoms with E-state index in [1.165, 1.54) is 12.1 Å². The van der Waals surface area contributed by atoms with E-state index in [0.29, 0.717) is 10.7 Å². The van der Waals surface area contributed by atoms with Crippen LogP contribution in [0.5, 0.6) is 0 Å². The van der Waals surface area contributed by atoms with Gasteiger partial charge in [-0.05, 0) is 25.1 Å². The van der Waals surface area contributed by atoms with E-state index >= 15 is 0 Å². The van der Waals surface area contributed by atoms with Gasteiger partial charge < -0.3 is 10.4 Å². The summed E-state index contributed by atoms with van der Waals surface area (Å²) in [6.45, 7) is 1.67. The molecule has 0 saturated heterocycles. The molecule has 1 unspecified atom stereocenters. The van der Waals surface area contributed by atoms with E-state index in [-0.39, 0.29) is 17.4 Å². The fraction of sp³-hybridized carbons (Fsp3) is 0.364. The number of aromatic carboxylic acids is 1. The van der Waals surface area contributed by atoms with Crippen LogP contribution in [0.4, 0.5) is 5.69 Å². The number of sulfone groups is 1. The van der Waals surface area contributed by atoms with E-state index in [0.717, 1.165) is 6.26 Å². The van der Waals surface area contributed by atoms with Crippen molar-refractivity contribution in [1.29, 1.82) is 0 Å². The Morgan fingerprint density at radius 1 is 1.50 bits per heavy atom. The third-order valence-electron chi connectivity index (χ3n) is 2.17. The van der Waals surface area contributed by atoms with Crippen molar-refractivity contribution >= 4 is 33.1 Å². The molecular weight excluding hydrogens is 278 g/mol. The molecule has 0 aliphatic carbocycles. The van der Waals surface area contributed by atoms with E-state index < -0.39 is 15.8 Å². The Kier molecular flexibility index (Phi) is 4.59. The number of anilines is 1. The van der Waals surface area contributed by atoms with Gasteiger partial charge in [0.1, 0.15) is 9.84 Å². The van der Waals surface area contributed by atoms with Gasteiger partial charge in [-0.25, -0.2) is 13.2 Å². The molecule has 0 heterocycles. The Morgan fingerprint density at radius 2 is 2.11 bits per heavy atom. The van der Waals surface area contributed by atoms with Crippen molar-refractivity contribution < 1.29 is 18.3 Å². The molecule has 0 bridgehead atoms. The maximum atomic E-state index is 11.1. The van der Waals surface area contributed by atoms with Crippen molar-refractivity contribution in [2.75, 3.05) is 17.3 Å². The second-order valence-electron chi connectivity index (χ2n) is 4.13. The SMILES string of the molecule is CC(CS(C)(=O)=O)Nc1ccc(Cl)cc1C(=O)O. The van der Waals surface area contributed by atoms with Gasteiger partial charge in [0.2, 0.25) is 0 Å². The van der Waals surface area contributed by atoms with Crippen LogP contribution in [0, 0.1) is 0 Å². The van der Waals surface area contributed by atoms with E-state index in [1.807, 2.05) is 0 Å². The van der Waals surface area contributed by atoms with Crippen LogP contribution in [0.1, 0.15) is 17.3 Å². The maximum Gasteiger partial charge on any atom is 0.337 e. The third kappa shape index (κ3) is 4.54. The van der Waals surface area contributed by atoms with Gasteiger partial charge in [0, 0.05) is 23.0 Å². The topological polar surface area (TPSA) is 83.5 Å². The Labute approximate surface area is 111 Å². The first kappa shape index (κ1) is 14.8. The number of carbonyl (C=O) groups is 1.